The number of carbonyl (C=O) groups excluding carboxylic acids is 1. The van der Waals surface area contributed by atoms with Crippen LogP contribution in [0.2, 0.25) is 0 Å². The lowest BCUT2D eigenvalue weighted by molar-refractivity contribution is -0.114. The smallest absolute Gasteiger partial charge is 0.261 e. The monoisotopic (exact) mass is 286 g/mol. The first-order valence-corrected chi connectivity index (χ1v) is 7.10. The van der Waals surface area contributed by atoms with Crippen LogP contribution in [0.15, 0.2) is 58.1 Å². The third-order valence-electron chi connectivity index (χ3n) is 3.56. The van der Waals surface area contributed by atoms with E-state index >= 15 is 0 Å². The van der Waals surface area contributed by atoms with E-state index in [0.29, 0.717) is 17.0 Å². The van der Waals surface area contributed by atoms with Crippen molar-refractivity contribution in [2.75, 3.05) is 4.90 Å². The molecule has 3 nitrogen and oxygen atoms in total. The molecule has 3 rings (SSSR count). The van der Waals surface area contributed by atoms with Crippen molar-refractivity contribution in [2.24, 2.45) is 4.99 Å². The largest absolute Gasteiger partial charge is 0.271 e. The number of nitrogens with zero attached hydrogens (tertiary/aromatic N) is 2. The Kier molecular flexibility index (Phi) is 3.70. The van der Waals surface area contributed by atoms with Gasteiger partial charge in [-0.15, -0.1) is 0 Å². The number of hydrogen-bond acceptors (Lipinski definition) is 2. The van der Waals surface area contributed by atoms with Gasteiger partial charge in [0.05, 0.1) is 18.1 Å². The molecule has 1 aliphatic heterocycles. The van der Waals surface area contributed by atoms with Crippen molar-refractivity contribution in [1.29, 1.82) is 0 Å². The Morgan fingerprint density at radius 2 is 2.05 bits per heavy atom. The number of benzene rings is 1. The number of para-hydroxylation sites is 1. The van der Waals surface area contributed by atoms with E-state index in [1.807, 2.05) is 42.5 Å². The first kappa shape index (κ1) is 13.1. The summed E-state index contributed by atoms with van der Waals surface area (Å²) in [7, 11) is 0. The quantitative estimate of drug-likeness (QED) is 0.775. The summed E-state index contributed by atoms with van der Waals surface area (Å²) in [6, 6.07) is 9.65. The topological polar surface area (TPSA) is 32.7 Å². The minimum absolute atomic E-state index is 0.0843. The van der Waals surface area contributed by atoms with Crippen molar-refractivity contribution in [1.82, 2.24) is 0 Å². The molecular weight excluding hydrogens is 272 g/mol. The Morgan fingerprint density at radius 1 is 1.25 bits per heavy atom. The first-order chi connectivity index (χ1) is 9.75. The van der Waals surface area contributed by atoms with Crippen LogP contribution in [0.3, 0.4) is 0 Å². The summed E-state index contributed by atoms with van der Waals surface area (Å²) >= 11 is 6.27. The van der Waals surface area contributed by atoms with Crippen molar-refractivity contribution in [3.05, 3.63) is 53.1 Å². The number of aliphatic imine (C=N–C) groups is 1. The molecule has 0 saturated carbocycles. The second kappa shape index (κ2) is 5.63. The second-order valence-electron chi connectivity index (χ2n) is 4.94. The van der Waals surface area contributed by atoms with Crippen molar-refractivity contribution in [2.45, 2.75) is 25.3 Å². The standard InChI is InChI=1S/C16H15ClN2O/c17-15-9-5-4-6-12-10-14(15)16(20)19(11-18-12)13-7-2-1-3-8-13/h1-3,5,7-9,11-12H,4,6,10H2. The maximum absolute atomic E-state index is 12.7. The van der Waals surface area contributed by atoms with Crippen molar-refractivity contribution in [3.63, 3.8) is 0 Å². The molecule has 1 atom stereocenters. The van der Waals surface area contributed by atoms with Crippen LogP contribution in [0.5, 0.6) is 0 Å². The number of allylic oxidation sites excluding steroid dienone is 3. The predicted molar refractivity (Wildman–Crippen MR) is 82.1 cm³/mol. The van der Waals surface area contributed by atoms with E-state index in [-0.39, 0.29) is 11.9 Å². The molecule has 102 valence electrons. The van der Waals surface area contributed by atoms with Crippen LogP contribution in [0.4, 0.5) is 5.69 Å². The van der Waals surface area contributed by atoms with Gasteiger partial charge in [0.2, 0.25) is 0 Å². The third kappa shape index (κ3) is 2.54. The van der Waals surface area contributed by atoms with Crippen LogP contribution >= 0.6 is 11.6 Å². The van der Waals surface area contributed by atoms with E-state index in [4.69, 9.17) is 11.6 Å². The fourth-order valence-electron chi connectivity index (χ4n) is 2.46. The van der Waals surface area contributed by atoms with Crippen LogP contribution < -0.4 is 4.90 Å². The van der Waals surface area contributed by atoms with Crippen LogP contribution in [0, 0.1) is 0 Å². The maximum Gasteiger partial charge on any atom is 0.261 e. The highest BCUT2D eigenvalue weighted by molar-refractivity contribution is 6.35. The minimum atomic E-state index is -0.0843. The third-order valence-corrected chi connectivity index (χ3v) is 3.92. The molecule has 1 aliphatic carbocycles. The molecule has 0 spiro atoms. The minimum Gasteiger partial charge on any atom is -0.271 e. The summed E-state index contributed by atoms with van der Waals surface area (Å²) in [6.07, 6.45) is 7.98. The summed E-state index contributed by atoms with van der Waals surface area (Å²) in [4.78, 5) is 18.8. The zero-order chi connectivity index (χ0) is 13.9. The van der Waals surface area contributed by atoms with Gasteiger partial charge in [-0.2, -0.15) is 0 Å². The Balaban J connectivity index is 2.05. The zero-order valence-corrected chi connectivity index (χ0v) is 11.8. The fourth-order valence-corrected chi connectivity index (χ4v) is 2.71. The van der Waals surface area contributed by atoms with Gasteiger partial charge in [0.25, 0.3) is 5.91 Å². The Labute approximate surface area is 123 Å². The van der Waals surface area contributed by atoms with Gasteiger partial charge in [-0.1, -0.05) is 35.9 Å². The van der Waals surface area contributed by atoms with E-state index < -0.39 is 0 Å². The summed E-state index contributed by atoms with van der Waals surface area (Å²) in [6.45, 7) is 0. The van der Waals surface area contributed by atoms with Gasteiger partial charge < -0.3 is 0 Å². The number of carbonyl (C=O) groups is 1. The molecule has 0 saturated heterocycles. The van der Waals surface area contributed by atoms with E-state index in [1.165, 1.54) is 0 Å². The van der Waals surface area contributed by atoms with Crippen LogP contribution in [-0.2, 0) is 4.79 Å². The SMILES string of the molecule is O=C1C2=C(Cl)C=CCCC(C2)N=CN1c1ccccc1. The molecular formula is C16H15ClN2O. The molecule has 1 amide bonds. The normalized spacial score (nSPS) is 22.6. The Bertz CT molecular complexity index is 604. The summed E-state index contributed by atoms with van der Waals surface area (Å²) < 4.78 is 0. The lowest BCUT2D eigenvalue weighted by Crippen LogP contribution is -2.30. The number of hydrogen-bond donors (Lipinski definition) is 0. The molecule has 2 aliphatic rings. The second-order valence-corrected chi connectivity index (χ2v) is 5.35. The van der Waals surface area contributed by atoms with E-state index in [2.05, 4.69) is 4.99 Å². The predicted octanol–water partition coefficient (Wildman–Crippen LogP) is 3.66. The molecule has 1 aromatic rings. The lowest BCUT2D eigenvalue weighted by Gasteiger charge is -2.18. The average molecular weight is 287 g/mol. The number of rotatable bonds is 1. The molecule has 2 bridgehead atoms. The van der Waals surface area contributed by atoms with Gasteiger partial charge in [0.1, 0.15) is 0 Å². The molecule has 4 heteroatoms. The first-order valence-electron chi connectivity index (χ1n) is 6.73. The molecule has 0 fully saturated rings. The Morgan fingerprint density at radius 3 is 2.85 bits per heavy atom. The summed E-state index contributed by atoms with van der Waals surface area (Å²) in [5, 5.41) is 0.533. The number of halogens is 1. The van der Waals surface area contributed by atoms with Crippen LogP contribution in [0.25, 0.3) is 0 Å². The fraction of sp³-hybridized carbons (Fsp3) is 0.250. The van der Waals surface area contributed by atoms with E-state index in [0.717, 1.165) is 18.5 Å². The summed E-state index contributed by atoms with van der Waals surface area (Å²) in [5.41, 5.74) is 1.46. The number of amides is 1. The summed E-state index contributed by atoms with van der Waals surface area (Å²) in [5.74, 6) is -0.0843. The van der Waals surface area contributed by atoms with Gasteiger partial charge in [0, 0.05) is 17.0 Å². The van der Waals surface area contributed by atoms with Gasteiger partial charge in [-0.05, 0) is 31.1 Å². The molecule has 20 heavy (non-hydrogen) atoms. The highest BCUT2D eigenvalue weighted by Gasteiger charge is 2.27. The number of fused-ring (bicyclic) bond motifs is 2. The van der Waals surface area contributed by atoms with E-state index in [9.17, 15) is 4.79 Å². The molecule has 0 radical (unpaired) electrons. The van der Waals surface area contributed by atoms with Crippen molar-refractivity contribution in [3.8, 4) is 0 Å². The van der Waals surface area contributed by atoms with Gasteiger partial charge >= 0.3 is 0 Å². The molecule has 1 unspecified atom stereocenters. The molecule has 0 N–H and O–H groups in total. The van der Waals surface area contributed by atoms with Crippen molar-refractivity contribution < 1.29 is 4.79 Å². The van der Waals surface area contributed by atoms with Gasteiger partial charge in [-0.3, -0.25) is 14.7 Å². The highest BCUT2D eigenvalue weighted by Crippen LogP contribution is 2.28. The Hall–Kier alpha value is -1.87. The maximum atomic E-state index is 12.7. The molecule has 0 aromatic heterocycles. The van der Waals surface area contributed by atoms with Gasteiger partial charge in [0.15, 0.2) is 0 Å². The average Bonchev–Trinajstić information content (AvgIpc) is 2.63. The van der Waals surface area contributed by atoms with E-state index in [1.54, 1.807) is 11.2 Å². The van der Waals surface area contributed by atoms with Crippen LogP contribution in [0.1, 0.15) is 19.3 Å². The zero-order valence-electron chi connectivity index (χ0n) is 11.0. The number of anilines is 1. The molecule has 1 heterocycles. The highest BCUT2D eigenvalue weighted by atomic mass is 35.5. The van der Waals surface area contributed by atoms with Crippen LogP contribution in [-0.4, -0.2) is 18.3 Å². The lowest BCUT2D eigenvalue weighted by atomic mass is 9.99. The van der Waals surface area contributed by atoms with Gasteiger partial charge in [-0.25, -0.2) is 0 Å². The molecule has 1 aromatic carbocycles. The van der Waals surface area contributed by atoms with Crippen molar-refractivity contribution >= 4 is 29.5 Å².